The number of aromatic nitrogens is 3. The van der Waals surface area contributed by atoms with Gasteiger partial charge in [-0.1, -0.05) is 23.9 Å². The Hall–Kier alpha value is -3.00. The van der Waals surface area contributed by atoms with Gasteiger partial charge in [0.25, 0.3) is 0 Å². The number of nitrogens with one attached hydrogen (secondary N) is 1. The zero-order valence-corrected chi connectivity index (χ0v) is 16.0. The Balaban J connectivity index is 1.66. The maximum absolute atomic E-state index is 12.2. The summed E-state index contributed by atoms with van der Waals surface area (Å²) in [7, 11) is 1.60. The highest BCUT2D eigenvalue weighted by Crippen LogP contribution is 2.25. The minimum Gasteiger partial charge on any atom is -0.497 e. The summed E-state index contributed by atoms with van der Waals surface area (Å²) in [5.74, 6) is 1.61. The Kier molecular flexibility index (Phi) is 5.97. The van der Waals surface area contributed by atoms with E-state index < -0.39 is 0 Å². The molecule has 1 aromatic heterocycles. The lowest BCUT2D eigenvalue weighted by atomic mass is 10.2. The molecule has 0 saturated heterocycles. The fourth-order valence-corrected chi connectivity index (χ4v) is 3.38. The number of ether oxygens (including phenoxy) is 1. The summed E-state index contributed by atoms with van der Waals surface area (Å²) in [6.07, 6.45) is 0. The van der Waals surface area contributed by atoms with E-state index in [9.17, 15) is 4.79 Å². The Morgan fingerprint density at radius 2 is 2.00 bits per heavy atom. The number of amides is 1. The topological polar surface area (TPSA) is 95.1 Å². The minimum absolute atomic E-state index is 0.110. The van der Waals surface area contributed by atoms with Gasteiger partial charge in [0.2, 0.25) is 5.91 Å². The fourth-order valence-electron chi connectivity index (χ4n) is 2.57. The van der Waals surface area contributed by atoms with Crippen LogP contribution in [0.4, 0.5) is 11.4 Å². The zero-order valence-electron chi connectivity index (χ0n) is 15.2. The minimum atomic E-state index is -0.110. The van der Waals surface area contributed by atoms with E-state index in [2.05, 4.69) is 15.5 Å². The number of nitrogens with two attached hydrogens (primary N) is 1. The number of hydrogen-bond donors (Lipinski definition) is 2. The number of carbonyl (C=O) groups excluding carboxylic acids is 1. The van der Waals surface area contributed by atoms with Crippen molar-refractivity contribution in [1.29, 1.82) is 0 Å². The number of carbonyl (C=O) groups is 1. The van der Waals surface area contributed by atoms with Crippen LogP contribution >= 0.6 is 11.8 Å². The van der Waals surface area contributed by atoms with Gasteiger partial charge in [0, 0.05) is 23.5 Å². The Bertz CT molecular complexity index is 924. The normalized spacial score (nSPS) is 10.6. The van der Waals surface area contributed by atoms with E-state index in [1.807, 2.05) is 35.8 Å². The molecule has 0 saturated carbocycles. The second-order valence-electron chi connectivity index (χ2n) is 5.74. The monoisotopic (exact) mass is 383 g/mol. The lowest BCUT2D eigenvalue weighted by Crippen LogP contribution is -2.14. The van der Waals surface area contributed by atoms with E-state index in [-0.39, 0.29) is 11.7 Å². The molecule has 0 spiro atoms. The van der Waals surface area contributed by atoms with E-state index in [4.69, 9.17) is 10.5 Å². The molecular weight excluding hydrogens is 362 g/mol. The SMILES string of the molecule is CCn1c(SCC(=O)Nc2ccc(OC)cc2)nnc1-c1cccc(N)c1. The quantitative estimate of drug-likeness (QED) is 0.480. The molecule has 3 aromatic rings. The van der Waals surface area contributed by atoms with E-state index in [0.29, 0.717) is 17.4 Å². The molecule has 3 N–H and O–H groups in total. The number of rotatable bonds is 7. The van der Waals surface area contributed by atoms with Gasteiger partial charge in [-0.3, -0.25) is 4.79 Å². The van der Waals surface area contributed by atoms with Crippen LogP contribution in [0.1, 0.15) is 6.92 Å². The number of hydrogen-bond acceptors (Lipinski definition) is 6. The molecular formula is C19H21N5O2S. The molecule has 1 amide bonds. The predicted molar refractivity (Wildman–Crippen MR) is 108 cm³/mol. The number of methoxy groups -OCH3 is 1. The molecule has 7 nitrogen and oxygen atoms in total. The van der Waals surface area contributed by atoms with E-state index >= 15 is 0 Å². The summed E-state index contributed by atoms with van der Waals surface area (Å²) in [5, 5.41) is 12.1. The van der Waals surface area contributed by atoms with Gasteiger partial charge in [0.1, 0.15) is 5.75 Å². The van der Waals surface area contributed by atoms with Crippen molar-refractivity contribution in [3.05, 3.63) is 48.5 Å². The summed E-state index contributed by atoms with van der Waals surface area (Å²) in [4.78, 5) is 12.2. The molecule has 3 rings (SSSR count). The smallest absolute Gasteiger partial charge is 0.234 e. The first kappa shape index (κ1) is 18.8. The first-order valence-electron chi connectivity index (χ1n) is 8.46. The molecule has 0 atom stereocenters. The molecule has 140 valence electrons. The number of benzene rings is 2. The van der Waals surface area contributed by atoms with Gasteiger partial charge in [0.15, 0.2) is 11.0 Å². The van der Waals surface area contributed by atoms with Crippen molar-refractivity contribution in [2.45, 2.75) is 18.6 Å². The average Bonchev–Trinajstić information content (AvgIpc) is 3.10. The van der Waals surface area contributed by atoms with Gasteiger partial charge >= 0.3 is 0 Å². The fraction of sp³-hybridized carbons (Fsp3) is 0.211. The van der Waals surface area contributed by atoms with Crippen LogP contribution in [-0.4, -0.2) is 33.5 Å². The highest BCUT2D eigenvalue weighted by atomic mass is 32.2. The molecule has 0 aliphatic carbocycles. The third-order valence-corrected chi connectivity index (χ3v) is 4.85. The van der Waals surface area contributed by atoms with E-state index in [0.717, 1.165) is 22.8 Å². The summed E-state index contributed by atoms with van der Waals surface area (Å²) in [6, 6.07) is 14.7. The number of thioether (sulfide) groups is 1. The van der Waals surface area contributed by atoms with Crippen LogP contribution in [0, 0.1) is 0 Å². The maximum Gasteiger partial charge on any atom is 0.234 e. The second kappa shape index (κ2) is 8.59. The van der Waals surface area contributed by atoms with Crippen molar-refractivity contribution >= 4 is 29.0 Å². The van der Waals surface area contributed by atoms with Gasteiger partial charge in [-0.25, -0.2) is 0 Å². The molecule has 2 aromatic carbocycles. The summed E-state index contributed by atoms with van der Waals surface area (Å²) >= 11 is 1.35. The van der Waals surface area contributed by atoms with Crippen molar-refractivity contribution < 1.29 is 9.53 Å². The van der Waals surface area contributed by atoms with Crippen LogP contribution in [0.5, 0.6) is 5.75 Å². The average molecular weight is 383 g/mol. The Morgan fingerprint density at radius 1 is 1.22 bits per heavy atom. The highest BCUT2D eigenvalue weighted by molar-refractivity contribution is 7.99. The number of nitrogens with zero attached hydrogens (tertiary/aromatic N) is 3. The molecule has 1 heterocycles. The van der Waals surface area contributed by atoms with Crippen LogP contribution in [0.2, 0.25) is 0 Å². The number of anilines is 2. The van der Waals surface area contributed by atoms with E-state index in [1.165, 1.54) is 11.8 Å². The molecule has 8 heteroatoms. The lowest BCUT2D eigenvalue weighted by molar-refractivity contribution is -0.113. The van der Waals surface area contributed by atoms with Crippen molar-refractivity contribution in [1.82, 2.24) is 14.8 Å². The first-order chi connectivity index (χ1) is 13.1. The predicted octanol–water partition coefficient (Wildman–Crippen LogP) is 3.29. The Morgan fingerprint density at radius 3 is 2.67 bits per heavy atom. The summed E-state index contributed by atoms with van der Waals surface area (Å²) in [5.41, 5.74) is 8.16. The van der Waals surface area contributed by atoms with Gasteiger partial charge in [0.05, 0.1) is 12.9 Å². The molecule has 0 aliphatic heterocycles. The third-order valence-electron chi connectivity index (χ3n) is 3.88. The van der Waals surface area contributed by atoms with Crippen LogP contribution in [0.15, 0.2) is 53.7 Å². The third kappa shape index (κ3) is 4.59. The van der Waals surface area contributed by atoms with Gasteiger partial charge in [-0.2, -0.15) is 0 Å². The first-order valence-corrected chi connectivity index (χ1v) is 9.45. The van der Waals surface area contributed by atoms with Crippen molar-refractivity contribution in [3.8, 4) is 17.1 Å². The maximum atomic E-state index is 12.2. The molecule has 0 bridgehead atoms. The Labute approximate surface area is 161 Å². The summed E-state index contributed by atoms with van der Waals surface area (Å²) in [6.45, 7) is 2.71. The molecule has 0 aliphatic rings. The molecule has 27 heavy (non-hydrogen) atoms. The van der Waals surface area contributed by atoms with Gasteiger partial charge in [-0.05, 0) is 43.3 Å². The molecule has 0 fully saturated rings. The van der Waals surface area contributed by atoms with E-state index in [1.54, 1.807) is 31.4 Å². The van der Waals surface area contributed by atoms with Crippen molar-refractivity contribution in [3.63, 3.8) is 0 Å². The highest BCUT2D eigenvalue weighted by Gasteiger charge is 2.15. The largest absolute Gasteiger partial charge is 0.497 e. The lowest BCUT2D eigenvalue weighted by Gasteiger charge is -2.08. The second-order valence-corrected chi connectivity index (χ2v) is 6.68. The summed E-state index contributed by atoms with van der Waals surface area (Å²) < 4.78 is 7.08. The molecule has 0 radical (unpaired) electrons. The standard InChI is InChI=1S/C19H21N5O2S/c1-3-24-18(13-5-4-6-14(20)11-13)22-23-19(24)27-12-17(25)21-15-7-9-16(26-2)10-8-15/h4-11H,3,12,20H2,1-2H3,(H,21,25). The van der Waals surface area contributed by atoms with Crippen LogP contribution in [0.25, 0.3) is 11.4 Å². The molecule has 0 unspecified atom stereocenters. The van der Waals surface area contributed by atoms with Crippen molar-refractivity contribution in [2.75, 3.05) is 23.9 Å². The number of nitrogen functional groups attached to an aromatic ring is 1. The van der Waals surface area contributed by atoms with Gasteiger partial charge < -0.3 is 20.4 Å². The van der Waals surface area contributed by atoms with Crippen LogP contribution < -0.4 is 15.8 Å². The van der Waals surface area contributed by atoms with Gasteiger partial charge in [-0.15, -0.1) is 10.2 Å². The van der Waals surface area contributed by atoms with Crippen LogP contribution in [0.3, 0.4) is 0 Å². The zero-order chi connectivity index (χ0) is 19.2. The van der Waals surface area contributed by atoms with Crippen LogP contribution in [-0.2, 0) is 11.3 Å². The van der Waals surface area contributed by atoms with Crippen molar-refractivity contribution in [2.24, 2.45) is 0 Å².